The van der Waals surface area contributed by atoms with E-state index < -0.39 is 5.76 Å². The van der Waals surface area contributed by atoms with Crippen molar-refractivity contribution in [2.75, 3.05) is 5.73 Å². The molecule has 0 unspecified atom stereocenters. The van der Waals surface area contributed by atoms with Crippen LogP contribution < -0.4 is 5.73 Å². The van der Waals surface area contributed by atoms with Gasteiger partial charge in [-0.3, -0.25) is 0 Å². The maximum Gasteiger partial charge on any atom is 0.290 e. The van der Waals surface area contributed by atoms with Gasteiger partial charge in [-0.15, -0.1) is 0 Å². The molecule has 11 heavy (non-hydrogen) atoms. The Kier molecular flexibility index (Phi) is 2.58. The standard InChI is InChI=1S/C5H5F2N3S/c6-5(7)11-4-3(8)9-1-2-10-4/h1-2,5H,(H2,8,9). The number of nitrogen functional groups attached to an aromatic ring is 1. The summed E-state index contributed by atoms with van der Waals surface area (Å²) in [6.45, 7) is 0. The smallest absolute Gasteiger partial charge is 0.290 e. The van der Waals surface area contributed by atoms with Gasteiger partial charge in [0.1, 0.15) is 5.03 Å². The average molecular weight is 177 g/mol. The topological polar surface area (TPSA) is 51.8 Å². The second-order valence-electron chi connectivity index (χ2n) is 1.63. The Balaban J connectivity index is 2.78. The van der Waals surface area contributed by atoms with Crippen LogP contribution in [0, 0.1) is 0 Å². The van der Waals surface area contributed by atoms with E-state index in [4.69, 9.17) is 5.73 Å². The van der Waals surface area contributed by atoms with Crippen LogP contribution in [-0.4, -0.2) is 15.7 Å². The predicted octanol–water partition coefficient (Wildman–Crippen LogP) is 1.37. The van der Waals surface area contributed by atoms with E-state index in [0.29, 0.717) is 11.8 Å². The molecule has 3 nitrogen and oxygen atoms in total. The highest BCUT2D eigenvalue weighted by Gasteiger charge is 2.09. The van der Waals surface area contributed by atoms with Gasteiger partial charge in [0.15, 0.2) is 5.82 Å². The monoisotopic (exact) mass is 177 g/mol. The van der Waals surface area contributed by atoms with E-state index >= 15 is 0 Å². The molecule has 0 radical (unpaired) electrons. The largest absolute Gasteiger partial charge is 0.381 e. The predicted molar refractivity (Wildman–Crippen MR) is 38.3 cm³/mol. The SMILES string of the molecule is Nc1nccnc1SC(F)F. The van der Waals surface area contributed by atoms with E-state index in [1.54, 1.807) is 0 Å². The Bertz CT molecular complexity index is 243. The van der Waals surface area contributed by atoms with Crippen LogP contribution in [0.1, 0.15) is 0 Å². The van der Waals surface area contributed by atoms with Crippen LogP contribution in [0.25, 0.3) is 0 Å². The maximum absolute atomic E-state index is 11.7. The first-order chi connectivity index (χ1) is 5.20. The van der Waals surface area contributed by atoms with Crippen molar-refractivity contribution in [1.29, 1.82) is 0 Å². The van der Waals surface area contributed by atoms with Crippen molar-refractivity contribution in [1.82, 2.24) is 9.97 Å². The Morgan fingerprint density at radius 3 is 2.55 bits per heavy atom. The molecule has 0 fully saturated rings. The molecular formula is C5H5F2N3S. The first kappa shape index (κ1) is 8.19. The summed E-state index contributed by atoms with van der Waals surface area (Å²) >= 11 is 0.293. The third kappa shape index (κ3) is 2.30. The van der Waals surface area contributed by atoms with E-state index in [1.165, 1.54) is 12.4 Å². The van der Waals surface area contributed by atoms with Crippen molar-refractivity contribution in [3.63, 3.8) is 0 Å². The molecule has 0 saturated heterocycles. The molecule has 0 aliphatic heterocycles. The van der Waals surface area contributed by atoms with E-state index in [2.05, 4.69) is 9.97 Å². The molecule has 1 aromatic rings. The molecule has 0 atom stereocenters. The summed E-state index contributed by atoms with van der Waals surface area (Å²) < 4.78 is 23.5. The molecule has 0 bridgehead atoms. The van der Waals surface area contributed by atoms with Crippen molar-refractivity contribution in [2.45, 2.75) is 10.8 Å². The Hall–Kier alpha value is -0.910. The summed E-state index contributed by atoms with van der Waals surface area (Å²) in [5, 5.41) is 0.0718. The Morgan fingerprint density at radius 1 is 1.36 bits per heavy atom. The number of anilines is 1. The molecule has 6 heteroatoms. The molecule has 2 N–H and O–H groups in total. The van der Waals surface area contributed by atoms with Crippen molar-refractivity contribution in [2.24, 2.45) is 0 Å². The Morgan fingerprint density at radius 2 is 2.00 bits per heavy atom. The van der Waals surface area contributed by atoms with Gasteiger partial charge >= 0.3 is 0 Å². The minimum absolute atomic E-state index is 0.0396. The van der Waals surface area contributed by atoms with Crippen LogP contribution in [0.3, 0.4) is 0 Å². The summed E-state index contributed by atoms with van der Waals surface area (Å²) in [7, 11) is 0. The first-order valence-corrected chi connectivity index (χ1v) is 3.59. The number of nitrogens with zero attached hydrogens (tertiary/aromatic N) is 2. The van der Waals surface area contributed by atoms with Crippen molar-refractivity contribution in [3.8, 4) is 0 Å². The normalized spacial score (nSPS) is 10.5. The Labute approximate surface area is 66.0 Å². The lowest BCUT2D eigenvalue weighted by Crippen LogP contribution is -1.96. The van der Waals surface area contributed by atoms with Crippen molar-refractivity contribution >= 4 is 17.6 Å². The van der Waals surface area contributed by atoms with Gasteiger partial charge in [-0.05, 0) is 11.8 Å². The minimum Gasteiger partial charge on any atom is -0.381 e. The molecule has 1 rings (SSSR count). The highest BCUT2D eigenvalue weighted by Crippen LogP contribution is 2.25. The van der Waals surface area contributed by atoms with Gasteiger partial charge in [-0.25, -0.2) is 9.97 Å². The molecule has 1 aromatic heterocycles. The minimum atomic E-state index is -2.51. The zero-order valence-corrected chi connectivity index (χ0v) is 6.18. The number of hydrogen-bond acceptors (Lipinski definition) is 4. The van der Waals surface area contributed by atoms with Crippen molar-refractivity contribution in [3.05, 3.63) is 12.4 Å². The fourth-order valence-electron chi connectivity index (χ4n) is 0.511. The average Bonchev–Trinajstić information content (AvgIpc) is 1.93. The number of aromatic nitrogens is 2. The number of hydrogen-bond donors (Lipinski definition) is 1. The van der Waals surface area contributed by atoms with E-state index in [0.717, 1.165) is 0 Å². The summed E-state index contributed by atoms with van der Waals surface area (Å²) in [4.78, 5) is 7.21. The van der Waals surface area contributed by atoms with Gasteiger partial charge in [-0.2, -0.15) is 8.78 Å². The highest BCUT2D eigenvalue weighted by molar-refractivity contribution is 7.99. The molecule has 0 aliphatic rings. The van der Waals surface area contributed by atoms with E-state index in [1.807, 2.05) is 0 Å². The van der Waals surface area contributed by atoms with E-state index in [9.17, 15) is 8.78 Å². The molecule has 0 aliphatic carbocycles. The first-order valence-electron chi connectivity index (χ1n) is 2.71. The van der Waals surface area contributed by atoms with Gasteiger partial charge in [0.05, 0.1) is 0 Å². The third-order valence-corrected chi connectivity index (χ3v) is 1.61. The lowest BCUT2D eigenvalue weighted by atomic mass is 10.7. The lowest BCUT2D eigenvalue weighted by molar-refractivity contribution is 0.252. The molecule has 0 spiro atoms. The summed E-state index contributed by atoms with van der Waals surface area (Å²) in [5.74, 6) is -2.47. The quantitative estimate of drug-likeness (QED) is 0.693. The van der Waals surface area contributed by atoms with E-state index in [-0.39, 0.29) is 10.8 Å². The number of halogens is 2. The van der Waals surface area contributed by atoms with Crippen LogP contribution in [-0.2, 0) is 0 Å². The van der Waals surface area contributed by atoms with Crippen LogP contribution >= 0.6 is 11.8 Å². The van der Waals surface area contributed by atoms with Gasteiger partial charge in [-0.1, -0.05) is 0 Å². The molecule has 1 heterocycles. The summed E-state index contributed by atoms with van der Waals surface area (Å²) in [6, 6.07) is 0. The van der Waals surface area contributed by atoms with Gasteiger partial charge in [0, 0.05) is 12.4 Å². The fraction of sp³-hybridized carbons (Fsp3) is 0.200. The molecular weight excluding hydrogens is 172 g/mol. The van der Waals surface area contributed by atoms with Crippen LogP contribution in [0.5, 0.6) is 0 Å². The van der Waals surface area contributed by atoms with Crippen LogP contribution in [0.4, 0.5) is 14.6 Å². The highest BCUT2D eigenvalue weighted by atomic mass is 32.2. The number of rotatable bonds is 2. The van der Waals surface area contributed by atoms with Crippen LogP contribution in [0.2, 0.25) is 0 Å². The number of thioether (sulfide) groups is 1. The molecule has 0 amide bonds. The van der Waals surface area contributed by atoms with Crippen molar-refractivity contribution < 1.29 is 8.78 Å². The summed E-state index contributed by atoms with van der Waals surface area (Å²) in [6.07, 6.45) is 2.67. The zero-order chi connectivity index (χ0) is 8.27. The number of alkyl halides is 2. The third-order valence-electron chi connectivity index (χ3n) is 0.892. The molecule has 0 aromatic carbocycles. The summed E-state index contributed by atoms with van der Waals surface area (Å²) in [5.41, 5.74) is 5.24. The molecule has 60 valence electrons. The van der Waals surface area contributed by atoms with Gasteiger partial charge in [0.2, 0.25) is 0 Å². The van der Waals surface area contributed by atoms with Crippen LogP contribution in [0.15, 0.2) is 17.4 Å². The lowest BCUT2D eigenvalue weighted by Gasteiger charge is -1.99. The maximum atomic E-state index is 11.7. The number of nitrogens with two attached hydrogens (primary N) is 1. The zero-order valence-electron chi connectivity index (χ0n) is 5.37. The van der Waals surface area contributed by atoms with Gasteiger partial charge in [0.25, 0.3) is 5.76 Å². The molecule has 0 saturated carbocycles. The second-order valence-corrected chi connectivity index (χ2v) is 2.60. The fourth-order valence-corrected chi connectivity index (χ4v) is 0.975. The van der Waals surface area contributed by atoms with Gasteiger partial charge < -0.3 is 5.73 Å². The second kappa shape index (κ2) is 3.47.